The minimum Gasteiger partial charge on any atom is -0.481 e. The van der Waals surface area contributed by atoms with Crippen LogP contribution in [0.1, 0.15) is 18.9 Å². The molecule has 0 fully saturated rings. The van der Waals surface area contributed by atoms with Crippen molar-refractivity contribution in [3.8, 4) is 0 Å². The third-order valence-electron chi connectivity index (χ3n) is 2.36. The summed E-state index contributed by atoms with van der Waals surface area (Å²) in [6, 6.07) is 9.50. The van der Waals surface area contributed by atoms with Gasteiger partial charge >= 0.3 is 5.97 Å². The molecule has 0 aliphatic carbocycles. The van der Waals surface area contributed by atoms with Gasteiger partial charge in [0.2, 0.25) is 0 Å². The van der Waals surface area contributed by atoms with E-state index in [0.717, 1.165) is 5.56 Å². The van der Waals surface area contributed by atoms with Crippen LogP contribution in [0.25, 0.3) is 0 Å². The number of aliphatic carboxylic acids is 1. The molecule has 3 nitrogen and oxygen atoms in total. The van der Waals surface area contributed by atoms with Crippen LogP contribution < -0.4 is 0 Å². The van der Waals surface area contributed by atoms with Crippen molar-refractivity contribution in [2.45, 2.75) is 19.8 Å². The molecule has 0 saturated heterocycles. The molecule has 1 unspecified atom stereocenters. The number of hydrogen-bond donors (Lipinski definition) is 2. The Hall–Kier alpha value is -1.64. The Morgan fingerprint density at radius 1 is 1.40 bits per heavy atom. The first-order valence-corrected chi connectivity index (χ1v) is 4.99. The molecule has 1 atom stereocenters. The molecule has 0 amide bonds. The molecule has 0 spiro atoms. The summed E-state index contributed by atoms with van der Waals surface area (Å²) >= 11 is 0. The first kappa shape index (κ1) is 11.4. The molecule has 3 heteroatoms. The van der Waals surface area contributed by atoms with E-state index >= 15 is 0 Å². The van der Waals surface area contributed by atoms with Crippen molar-refractivity contribution in [3.05, 3.63) is 35.9 Å². The average Bonchev–Trinajstić information content (AvgIpc) is 2.19. The monoisotopic (exact) mass is 205 g/mol. The van der Waals surface area contributed by atoms with Gasteiger partial charge in [0.1, 0.15) is 0 Å². The van der Waals surface area contributed by atoms with Crippen molar-refractivity contribution in [2.24, 2.45) is 5.92 Å². The number of nitrogens with one attached hydrogen (secondary N) is 1. The maximum atomic E-state index is 10.8. The number of hydrogen-bond acceptors (Lipinski definition) is 2. The lowest BCUT2D eigenvalue weighted by molar-refractivity contribution is -0.139. The normalized spacial score (nSPS) is 12.1. The lowest BCUT2D eigenvalue weighted by Gasteiger charge is -2.11. The standard InChI is InChI=1S/C12H15NO2/c1-2-10(12(14)15)11(13)8-9-6-4-3-5-7-9/h3-7,10,13H,2,8H2,1H3,(H,14,15). The summed E-state index contributed by atoms with van der Waals surface area (Å²) in [6.45, 7) is 1.79. The summed E-state index contributed by atoms with van der Waals surface area (Å²) in [5.41, 5.74) is 1.26. The molecular formula is C12H15NO2. The summed E-state index contributed by atoms with van der Waals surface area (Å²) < 4.78 is 0. The summed E-state index contributed by atoms with van der Waals surface area (Å²) in [5, 5.41) is 16.6. The van der Waals surface area contributed by atoms with E-state index in [-0.39, 0.29) is 5.71 Å². The molecule has 0 bridgehead atoms. The second-order valence-electron chi connectivity index (χ2n) is 3.49. The van der Waals surface area contributed by atoms with Crippen molar-refractivity contribution in [1.82, 2.24) is 0 Å². The zero-order valence-corrected chi connectivity index (χ0v) is 8.73. The Morgan fingerprint density at radius 2 is 2.00 bits per heavy atom. The maximum Gasteiger partial charge on any atom is 0.312 e. The van der Waals surface area contributed by atoms with Gasteiger partial charge in [-0.05, 0) is 12.0 Å². The smallest absolute Gasteiger partial charge is 0.312 e. The molecule has 0 saturated carbocycles. The van der Waals surface area contributed by atoms with Gasteiger partial charge in [-0.1, -0.05) is 37.3 Å². The molecular weight excluding hydrogens is 190 g/mol. The molecule has 0 heterocycles. The largest absolute Gasteiger partial charge is 0.481 e. The molecule has 2 N–H and O–H groups in total. The van der Waals surface area contributed by atoms with E-state index in [0.29, 0.717) is 12.8 Å². The van der Waals surface area contributed by atoms with Crippen LogP contribution in [-0.4, -0.2) is 16.8 Å². The van der Waals surface area contributed by atoms with Gasteiger partial charge in [-0.25, -0.2) is 0 Å². The van der Waals surface area contributed by atoms with Crippen LogP contribution in [0.4, 0.5) is 0 Å². The van der Waals surface area contributed by atoms with E-state index in [1.807, 2.05) is 30.3 Å². The highest BCUT2D eigenvalue weighted by atomic mass is 16.4. The van der Waals surface area contributed by atoms with Gasteiger partial charge in [-0.2, -0.15) is 0 Å². The summed E-state index contributed by atoms with van der Waals surface area (Å²) in [5.74, 6) is -1.55. The minimum absolute atomic E-state index is 0.274. The number of carbonyl (C=O) groups is 1. The number of benzene rings is 1. The minimum atomic E-state index is -0.904. The highest BCUT2D eigenvalue weighted by molar-refractivity contribution is 6.00. The first-order chi connectivity index (χ1) is 7.15. The molecule has 1 aromatic rings. The Kier molecular flexibility index (Phi) is 4.03. The summed E-state index contributed by atoms with van der Waals surface area (Å²) in [4.78, 5) is 10.8. The average molecular weight is 205 g/mol. The van der Waals surface area contributed by atoms with Crippen molar-refractivity contribution in [3.63, 3.8) is 0 Å². The maximum absolute atomic E-state index is 10.8. The van der Waals surface area contributed by atoms with Gasteiger partial charge < -0.3 is 10.5 Å². The van der Waals surface area contributed by atoms with Crippen molar-refractivity contribution in [1.29, 1.82) is 5.41 Å². The van der Waals surface area contributed by atoms with E-state index in [2.05, 4.69) is 0 Å². The van der Waals surface area contributed by atoms with Crippen molar-refractivity contribution in [2.75, 3.05) is 0 Å². The van der Waals surface area contributed by atoms with Gasteiger partial charge in [-0.15, -0.1) is 0 Å². The molecule has 0 radical (unpaired) electrons. The molecule has 80 valence electrons. The number of rotatable bonds is 5. The Morgan fingerprint density at radius 3 is 2.47 bits per heavy atom. The Balaban J connectivity index is 2.66. The lowest BCUT2D eigenvalue weighted by Crippen LogP contribution is -2.23. The van der Waals surface area contributed by atoms with Gasteiger partial charge in [0.05, 0.1) is 5.92 Å². The van der Waals surface area contributed by atoms with E-state index in [4.69, 9.17) is 10.5 Å². The van der Waals surface area contributed by atoms with E-state index in [9.17, 15) is 4.79 Å². The fraction of sp³-hybridized carbons (Fsp3) is 0.333. The predicted octanol–water partition coefficient (Wildman–Crippen LogP) is 2.36. The zero-order chi connectivity index (χ0) is 11.3. The first-order valence-electron chi connectivity index (χ1n) is 4.99. The Bertz CT molecular complexity index is 346. The van der Waals surface area contributed by atoms with Gasteiger partial charge in [0.15, 0.2) is 0 Å². The van der Waals surface area contributed by atoms with E-state index in [1.165, 1.54) is 0 Å². The lowest BCUT2D eigenvalue weighted by atomic mass is 9.95. The van der Waals surface area contributed by atoms with Crippen LogP contribution in [0.2, 0.25) is 0 Å². The number of carboxylic acid groups (broad SMARTS) is 1. The molecule has 15 heavy (non-hydrogen) atoms. The molecule has 0 aliphatic rings. The van der Waals surface area contributed by atoms with Gasteiger partial charge in [-0.3, -0.25) is 4.79 Å². The van der Waals surface area contributed by atoms with Gasteiger partial charge in [0.25, 0.3) is 0 Å². The summed E-state index contributed by atoms with van der Waals surface area (Å²) in [7, 11) is 0. The SMILES string of the molecule is CCC(C(=N)Cc1ccccc1)C(=O)O. The zero-order valence-electron chi connectivity index (χ0n) is 8.73. The van der Waals surface area contributed by atoms with Crippen LogP contribution in [0.3, 0.4) is 0 Å². The van der Waals surface area contributed by atoms with Crippen molar-refractivity contribution >= 4 is 11.7 Å². The molecule has 1 aromatic carbocycles. The van der Waals surface area contributed by atoms with E-state index in [1.54, 1.807) is 6.92 Å². The molecule has 0 aliphatic heterocycles. The van der Waals surface area contributed by atoms with Crippen molar-refractivity contribution < 1.29 is 9.90 Å². The highest BCUT2D eigenvalue weighted by Crippen LogP contribution is 2.10. The van der Waals surface area contributed by atoms with Gasteiger partial charge in [0, 0.05) is 12.1 Å². The second-order valence-corrected chi connectivity index (χ2v) is 3.49. The third kappa shape index (κ3) is 3.20. The fourth-order valence-corrected chi connectivity index (χ4v) is 1.51. The van der Waals surface area contributed by atoms with Crippen LogP contribution in [0.15, 0.2) is 30.3 Å². The van der Waals surface area contributed by atoms with Crippen LogP contribution in [0.5, 0.6) is 0 Å². The molecule has 0 aromatic heterocycles. The quantitative estimate of drug-likeness (QED) is 0.725. The topological polar surface area (TPSA) is 61.2 Å². The van der Waals surface area contributed by atoms with Crippen LogP contribution >= 0.6 is 0 Å². The molecule has 1 rings (SSSR count). The third-order valence-corrected chi connectivity index (χ3v) is 2.36. The predicted molar refractivity (Wildman–Crippen MR) is 59.3 cm³/mol. The van der Waals surface area contributed by atoms with E-state index < -0.39 is 11.9 Å². The number of carboxylic acids is 1. The fourth-order valence-electron chi connectivity index (χ4n) is 1.51. The summed E-state index contributed by atoms with van der Waals surface area (Å²) in [6.07, 6.45) is 0.895. The second kappa shape index (κ2) is 5.29. The van der Waals surface area contributed by atoms with Crippen LogP contribution in [0, 0.1) is 11.3 Å². The Labute approximate surface area is 89.3 Å². The highest BCUT2D eigenvalue weighted by Gasteiger charge is 2.20. The van der Waals surface area contributed by atoms with Crippen LogP contribution in [-0.2, 0) is 11.2 Å².